The fourth-order valence-corrected chi connectivity index (χ4v) is 2.44. The number of rotatable bonds is 5. The van der Waals surface area contributed by atoms with Gasteiger partial charge in [-0.25, -0.2) is 0 Å². The molecule has 0 saturated carbocycles. The Bertz CT molecular complexity index is 367. The third-order valence-electron chi connectivity index (χ3n) is 3.32. The summed E-state index contributed by atoms with van der Waals surface area (Å²) in [6, 6.07) is 4.23. The molecule has 92 valence electrons. The van der Waals surface area contributed by atoms with Gasteiger partial charge in [-0.3, -0.25) is 14.7 Å². The highest BCUT2D eigenvalue weighted by Crippen LogP contribution is 2.20. The Balaban J connectivity index is 1.84. The van der Waals surface area contributed by atoms with E-state index in [0.29, 0.717) is 0 Å². The largest absolute Gasteiger partial charge is 0.481 e. The Morgan fingerprint density at radius 1 is 1.59 bits per heavy atom. The highest BCUT2D eigenvalue weighted by molar-refractivity contribution is 5.67. The maximum atomic E-state index is 10.7. The molecule has 1 aliphatic rings. The zero-order chi connectivity index (χ0) is 12.1. The Morgan fingerprint density at radius 3 is 3.18 bits per heavy atom. The second-order valence-corrected chi connectivity index (χ2v) is 4.54. The molecule has 0 spiro atoms. The molecule has 1 saturated heterocycles. The van der Waals surface area contributed by atoms with Gasteiger partial charge < -0.3 is 5.11 Å². The molecule has 1 fully saturated rings. The first-order valence-corrected chi connectivity index (χ1v) is 6.10. The quantitative estimate of drug-likeness (QED) is 0.840. The molecule has 0 radical (unpaired) electrons. The fourth-order valence-electron chi connectivity index (χ4n) is 2.44. The highest BCUT2D eigenvalue weighted by atomic mass is 16.4. The van der Waals surface area contributed by atoms with Crippen molar-refractivity contribution in [3.8, 4) is 0 Å². The summed E-state index contributed by atoms with van der Waals surface area (Å²) in [6.07, 6.45) is 7.00. The van der Waals surface area contributed by atoms with Crippen molar-refractivity contribution in [1.29, 1.82) is 0 Å². The lowest BCUT2D eigenvalue weighted by atomic mass is 10.1. The molecule has 17 heavy (non-hydrogen) atoms. The number of carboxylic acids is 1. The molecule has 0 amide bonds. The van der Waals surface area contributed by atoms with Crippen molar-refractivity contribution in [2.45, 2.75) is 31.7 Å². The maximum absolute atomic E-state index is 10.7. The van der Waals surface area contributed by atoms with Crippen molar-refractivity contribution in [3.63, 3.8) is 0 Å². The number of hydrogen-bond acceptors (Lipinski definition) is 3. The van der Waals surface area contributed by atoms with Crippen LogP contribution < -0.4 is 0 Å². The van der Waals surface area contributed by atoms with Crippen molar-refractivity contribution in [3.05, 3.63) is 30.1 Å². The average molecular weight is 234 g/mol. The van der Waals surface area contributed by atoms with Crippen molar-refractivity contribution >= 4 is 5.97 Å². The zero-order valence-electron chi connectivity index (χ0n) is 9.88. The second kappa shape index (κ2) is 5.77. The zero-order valence-corrected chi connectivity index (χ0v) is 9.88. The number of hydrogen-bond donors (Lipinski definition) is 1. The van der Waals surface area contributed by atoms with Gasteiger partial charge in [0, 0.05) is 25.0 Å². The number of pyridine rings is 1. The third kappa shape index (κ3) is 3.53. The van der Waals surface area contributed by atoms with Gasteiger partial charge in [-0.05, 0) is 37.4 Å². The van der Waals surface area contributed by atoms with E-state index < -0.39 is 5.97 Å². The summed E-state index contributed by atoms with van der Waals surface area (Å²) in [4.78, 5) is 17.1. The summed E-state index contributed by atoms with van der Waals surface area (Å²) in [6.45, 7) is 1.96. The van der Waals surface area contributed by atoms with E-state index in [0.717, 1.165) is 32.4 Å². The number of aliphatic carboxylic acids is 1. The molecule has 0 bridgehead atoms. The Labute approximate surface area is 101 Å². The van der Waals surface area contributed by atoms with Crippen LogP contribution in [-0.2, 0) is 11.2 Å². The first-order chi connectivity index (χ1) is 8.25. The van der Waals surface area contributed by atoms with E-state index in [4.69, 9.17) is 5.11 Å². The lowest BCUT2D eigenvalue weighted by Gasteiger charge is -2.22. The Kier molecular flexibility index (Phi) is 4.09. The standard InChI is InChI=1S/C13H18N2O2/c16-13(17)9-12-4-2-7-15(12)8-5-11-3-1-6-14-10-11/h1,3,6,10,12H,2,4-5,7-9H2,(H,16,17). The first-order valence-electron chi connectivity index (χ1n) is 6.10. The number of aromatic nitrogens is 1. The molecule has 1 unspecified atom stereocenters. The van der Waals surface area contributed by atoms with E-state index in [1.54, 1.807) is 6.20 Å². The normalized spacial score (nSPS) is 20.6. The van der Waals surface area contributed by atoms with Crippen LogP contribution in [0.2, 0.25) is 0 Å². The summed E-state index contributed by atoms with van der Waals surface area (Å²) >= 11 is 0. The van der Waals surface area contributed by atoms with Crippen LogP contribution in [0.1, 0.15) is 24.8 Å². The highest BCUT2D eigenvalue weighted by Gasteiger charge is 2.25. The lowest BCUT2D eigenvalue weighted by Crippen LogP contribution is -2.33. The van der Waals surface area contributed by atoms with E-state index in [2.05, 4.69) is 16.0 Å². The number of carbonyl (C=O) groups is 1. The van der Waals surface area contributed by atoms with Crippen LogP contribution in [0, 0.1) is 0 Å². The van der Waals surface area contributed by atoms with Gasteiger partial charge in [-0.1, -0.05) is 6.07 Å². The topological polar surface area (TPSA) is 53.4 Å². The van der Waals surface area contributed by atoms with Gasteiger partial charge in [0.05, 0.1) is 6.42 Å². The van der Waals surface area contributed by atoms with E-state index in [1.807, 2.05) is 12.3 Å². The predicted octanol–water partition coefficient (Wildman–Crippen LogP) is 1.56. The van der Waals surface area contributed by atoms with Crippen molar-refractivity contribution in [1.82, 2.24) is 9.88 Å². The van der Waals surface area contributed by atoms with Crippen LogP contribution in [-0.4, -0.2) is 40.1 Å². The van der Waals surface area contributed by atoms with Gasteiger partial charge in [0.15, 0.2) is 0 Å². The minimum Gasteiger partial charge on any atom is -0.481 e. The lowest BCUT2D eigenvalue weighted by molar-refractivity contribution is -0.138. The average Bonchev–Trinajstić information content (AvgIpc) is 2.74. The first kappa shape index (κ1) is 12.0. The van der Waals surface area contributed by atoms with Gasteiger partial charge in [-0.15, -0.1) is 0 Å². The number of carboxylic acid groups (broad SMARTS) is 1. The van der Waals surface area contributed by atoms with Crippen LogP contribution >= 0.6 is 0 Å². The van der Waals surface area contributed by atoms with Crippen molar-refractivity contribution < 1.29 is 9.90 Å². The molecule has 1 atom stereocenters. The molecule has 0 aliphatic carbocycles. The van der Waals surface area contributed by atoms with Crippen LogP contribution in [0.25, 0.3) is 0 Å². The van der Waals surface area contributed by atoms with E-state index in [9.17, 15) is 4.79 Å². The van der Waals surface area contributed by atoms with Gasteiger partial charge in [-0.2, -0.15) is 0 Å². The molecular formula is C13H18N2O2. The third-order valence-corrected chi connectivity index (χ3v) is 3.32. The molecule has 1 N–H and O–H groups in total. The minimum atomic E-state index is -0.691. The summed E-state index contributed by atoms with van der Waals surface area (Å²) in [7, 11) is 0. The van der Waals surface area contributed by atoms with Gasteiger partial charge in [0.25, 0.3) is 0 Å². The molecular weight excluding hydrogens is 216 g/mol. The summed E-state index contributed by atoms with van der Waals surface area (Å²) in [5.41, 5.74) is 1.22. The molecule has 0 aromatic carbocycles. The van der Waals surface area contributed by atoms with Gasteiger partial charge in [0.2, 0.25) is 0 Å². The SMILES string of the molecule is O=C(O)CC1CCCN1CCc1cccnc1. The molecule has 1 aromatic heterocycles. The molecule has 1 aromatic rings. The van der Waals surface area contributed by atoms with E-state index >= 15 is 0 Å². The summed E-state index contributed by atoms with van der Waals surface area (Å²) in [5.74, 6) is -0.691. The van der Waals surface area contributed by atoms with Crippen molar-refractivity contribution in [2.24, 2.45) is 0 Å². The summed E-state index contributed by atoms with van der Waals surface area (Å²) < 4.78 is 0. The smallest absolute Gasteiger partial charge is 0.304 e. The predicted molar refractivity (Wildman–Crippen MR) is 64.8 cm³/mol. The van der Waals surface area contributed by atoms with Gasteiger partial charge in [0.1, 0.15) is 0 Å². The van der Waals surface area contributed by atoms with Crippen LogP contribution in [0.4, 0.5) is 0 Å². The van der Waals surface area contributed by atoms with Crippen LogP contribution in [0.15, 0.2) is 24.5 Å². The van der Waals surface area contributed by atoms with Crippen LogP contribution in [0.3, 0.4) is 0 Å². The Morgan fingerprint density at radius 2 is 2.47 bits per heavy atom. The maximum Gasteiger partial charge on any atom is 0.304 e. The fraction of sp³-hybridized carbons (Fsp3) is 0.538. The molecule has 2 heterocycles. The number of nitrogens with zero attached hydrogens (tertiary/aromatic N) is 2. The molecule has 4 heteroatoms. The monoisotopic (exact) mass is 234 g/mol. The van der Waals surface area contributed by atoms with Crippen LogP contribution in [0.5, 0.6) is 0 Å². The van der Waals surface area contributed by atoms with E-state index in [1.165, 1.54) is 5.56 Å². The summed E-state index contributed by atoms with van der Waals surface area (Å²) in [5, 5.41) is 8.84. The molecule has 2 rings (SSSR count). The van der Waals surface area contributed by atoms with Crippen molar-refractivity contribution in [2.75, 3.05) is 13.1 Å². The molecule has 4 nitrogen and oxygen atoms in total. The molecule has 1 aliphatic heterocycles. The second-order valence-electron chi connectivity index (χ2n) is 4.54. The Hall–Kier alpha value is -1.42. The van der Waals surface area contributed by atoms with Gasteiger partial charge >= 0.3 is 5.97 Å². The van der Waals surface area contributed by atoms with E-state index in [-0.39, 0.29) is 12.5 Å². The number of likely N-dealkylation sites (tertiary alicyclic amines) is 1. The minimum absolute atomic E-state index is 0.226.